The van der Waals surface area contributed by atoms with E-state index in [1.54, 1.807) is 24.3 Å². The van der Waals surface area contributed by atoms with Crippen molar-refractivity contribution in [2.75, 3.05) is 13.7 Å². The van der Waals surface area contributed by atoms with E-state index < -0.39 is 42.8 Å². The first kappa shape index (κ1) is 20.4. The molecular weight excluding hydrogens is 332 g/mol. The van der Waals surface area contributed by atoms with E-state index in [1.807, 2.05) is 6.07 Å². The van der Waals surface area contributed by atoms with Crippen molar-refractivity contribution in [3.8, 4) is 0 Å². The molecule has 9 nitrogen and oxygen atoms in total. The Morgan fingerprint density at radius 1 is 1.16 bits per heavy atom. The van der Waals surface area contributed by atoms with E-state index in [4.69, 9.17) is 4.74 Å². The molecule has 3 atom stereocenters. The van der Waals surface area contributed by atoms with Crippen molar-refractivity contribution in [1.82, 2.24) is 10.6 Å². The van der Waals surface area contributed by atoms with E-state index in [2.05, 4.69) is 15.4 Å². The summed E-state index contributed by atoms with van der Waals surface area (Å²) in [5, 5.41) is 23.2. The summed E-state index contributed by atoms with van der Waals surface area (Å²) in [6.45, 7) is 0.558. The van der Waals surface area contributed by atoms with Crippen molar-refractivity contribution in [1.29, 1.82) is 0 Å². The van der Waals surface area contributed by atoms with Crippen LogP contribution in [0.2, 0.25) is 0 Å². The van der Waals surface area contributed by atoms with E-state index >= 15 is 0 Å². The number of carbonyl (C=O) groups is 3. The second-order valence-electron chi connectivity index (χ2n) is 5.19. The Kier molecular flexibility index (Phi) is 8.37. The summed E-state index contributed by atoms with van der Waals surface area (Å²) in [4.78, 5) is 35.3. The number of esters is 1. The van der Waals surface area contributed by atoms with Crippen LogP contribution in [0.1, 0.15) is 12.5 Å². The molecule has 0 saturated carbocycles. The summed E-state index contributed by atoms with van der Waals surface area (Å²) in [7, 11) is 1.10. The summed E-state index contributed by atoms with van der Waals surface area (Å²) in [5.41, 5.74) is 0.752. The first-order chi connectivity index (χ1) is 11.9. The minimum atomic E-state index is -1.35. The number of benzene rings is 1. The molecule has 0 aromatic heterocycles. The Balaban J connectivity index is 2.57. The average Bonchev–Trinajstić information content (AvgIpc) is 2.62. The number of aliphatic hydroxyl groups excluding tert-OH is 2. The molecule has 0 spiro atoms. The Bertz CT molecular complexity index is 577. The molecule has 1 aromatic rings. The van der Waals surface area contributed by atoms with Gasteiger partial charge in [-0.15, -0.1) is 0 Å². The molecule has 0 bridgehead atoms. The van der Waals surface area contributed by atoms with Gasteiger partial charge in [-0.05, 0) is 12.5 Å². The fraction of sp³-hybridized carbons (Fsp3) is 0.438. The van der Waals surface area contributed by atoms with Crippen molar-refractivity contribution in [2.45, 2.75) is 31.7 Å². The lowest BCUT2D eigenvalue weighted by Crippen LogP contribution is -2.56. The predicted octanol–water partition coefficient (Wildman–Crippen LogP) is -0.688. The molecule has 0 heterocycles. The van der Waals surface area contributed by atoms with Crippen LogP contribution < -0.4 is 10.6 Å². The first-order valence-electron chi connectivity index (χ1n) is 7.53. The Morgan fingerprint density at radius 3 is 2.32 bits per heavy atom. The topological polar surface area (TPSA) is 134 Å². The van der Waals surface area contributed by atoms with Gasteiger partial charge in [-0.25, -0.2) is 9.59 Å². The monoisotopic (exact) mass is 354 g/mol. The highest BCUT2D eigenvalue weighted by Crippen LogP contribution is 2.01. The SMILES string of the molecule is COC(=O)[C@H](NC(=O)[C@@H](CO)NC(=O)OCc1ccccc1)C(C)O. The lowest BCUT2D eigenvalue weighted by Gasteiger charge is -2.22. The number of alkyl carbamates (subject to hydrolysis) is 1. The normalized spacial score (nSPS) is 13.9. The van der Waals surface area contributed by atoms with Crippen molar-refractivity contribution in [3.05, 3.63) is 35.9 Å². The number of rotatable bonds is 8. The van der Waals surface area contributed by atoms with Gasteiger partial charge in [-0.2, -0.15) is 0 Å². The van der Waals surface area contributed by atoms with Gasteiger partial charge in [0.2, 0.25) is 5.91 Å². The van der Waals surface area contributed by atoms with E-state index in [0.717, 1.165) is 12.7 Å². The van der Waals surface area contributed by atoms with Gasteiger partial charge < -0.3 is 30.3 Å². The fourth-order valence-corrected chi connectivity index (χ4v) is 1.86. The van der Waals surface area contributed by atoms with Crippen molar-refractivity contribution >= 4 is 18.0 Å². The minimum Gasteiger partial charge on any atom is -0.467 e. The molecule has 0 aliphatic carbocycles. The zero-order valence-corrected chi connectivity index (χ0v) is 14.0. The lowest BCUT2D eigenvalue weighted by atomic mass is 10.1. The van der Waals surface area contributed by atoms with Crippen LogP contribution in [0, 0.1) is 0 Å². The van der Waals surface area contributed by atoms with Gasteiger partial charge in [-0.3, -0.25) is 4.79 Å². The predicted molar refractivity (Wildman–Crippen MR) is 86.3 cm³/mol. The maximum Gasteiger partial charge on any atom is 0.408 e. The number of amides is 2. The van der Waals surface area contributed by atoms with Crippen molar-refractivity contribution < 1.29 is 34.1 Å². The van der Waals surface area contributed by atoms with E-state index in [1.165, 1.54) is 6.92 Å². The lowest BCUT2D eigenvalue weighted by molar-refractivity contribution is -0.148. The van der Waals surface area contributed by atoms with Gasteiger partial charge >= 0.3 is 12.1 Å². The number of carbonyl (C=O) groups excluding carboxylic acids is 3. The number of ether oxygens (including phenoxy) is 2. The van der Waals surface area contributed by atoms with Crippen LogP contribution in [-0.2, 0) is 25.7 Å². The summed E-state index contributed by atoms with van der Waals surface area (Å²) in [6, 6.07) is 6.21. The molecule has 0 saturated heterocycles. The molecule has 1 rings (SSSR count). The molecule has 1 aromatic carbocycles. The molecule has 4 N–H and O–H groups in total. The highest BCUT2D eigenvalue weighted by molar-refractivity contribution is 5.90. The van der Waals surface area contributed by atoms with Crippen LogP contribution in [0.5, 0.6) is 0 Å². The van der Waals surface area contributed by atoms with Gasteiger partial charge in [0, 0.05) is 0 Å². The summed E-state index contributed by atoms with van der Waals surface area (Å²) < 4.78 is 9.42. The third kappa shape index (κ3) is 6.77. The molecule has 0 aliphatic rings. The second-order valence-corrected chi connectivity index (χ2v) is 5.19. The highest BCUT2D eigenvalue weighted by Gasteiger charge is 2.30. The molecule has 0 radical (unpaired) electrons. The van der Waals surface area contributed by atoms with E-state index in [0.29, 0.717) is 0 Å². The van der Waals surface area contributed by atoms with Gasteiger partial charge in [0.25, 0.3) is 0 Å². The van der Waals surface area contributed by atoms with E-state index in [9.17, 15) is 24.6 Å². The van der Waals surface area contributed by atoms with Crippen molar-refractivity contribution in [3.63, 3.8) is 0 Å². The van der Waals surface area contributed by atoms with Crippen LogP contribution in [0.15, 0.2) is 30.3 Å². The number of nitrogens with one attached hydrogen (secondary N) is 2. The molecule has 2 amide bonds. The molecular formula is C16H22N2O7. The molecule has 1 unspecified atom stereocenters. The smallest absolute Gasteiger partial charge is 0.408 e. The number of aliphatic hydroxyl groups is 2. The first-order valence-corrected chi connectivity index (χ1v) is 7.53. The maximum atomic E-state index is 12.1. The molecule has 138 valence electrons. The molecule has 9 heteroatoms. The Morgan fingerprint density at radius 2 is 1.80 bits per heavy atom. The highest BCUT2D eigenvalue weighted by atomic mass is 16.5. The average molecular weight is 354 g/mol. The molecule has 0 aliphatic heterocycles. The largest absolute Gasteiger partial charge is 0.467 e. The second kappa shape index (κ2) is 10.3. The van der Waals surface area contributed by atoms with E-state index in [-0.39, 0.29) is 6.61 Å². The minimum absolute atomic E-state index is 0.00903. The Hall–Kier alpha value is -2.65. The number of hydrogen-bond donors (Lipinski definition) is 4. The maximum absolute atomic E-state index is 12.1. The zero-order chi connectivity index (χ0) is 18.8. The van der Waals surface area contributed by atoms with Gasteiger partial charge in [0.15, 0.2) is 6.04 Å². The summed E-state index contributed by atoms with van der Waals surface area (Å²) >= 11 is 0. The van der Waals surface area contributed by atoms with Gasteiger partial charge in [-0.1, -0.05) is 30.3 Å². The van der Waals surface area contributed by atoms with Crippen LogP contribution in [0.4, 0.5) is 4.79 Å². The van der Waals surface area contributed by atoms with Crippen LogP contribution >= 0.6 is 0 Å². The summed E-state index contributed by atoms with van der Waals surface area (Å²) in [5.74, 6) is -1.72. The third-order valence-corrected chi connectivity index (χ3v) is 3.24. The standard InChI is InChI=1S/C16H22N2O7/c1-10(20)13(15(22)24-2)18-14(21)12(8-19)17-16(23)25-9-11-6-4-3-5-7-11/h3-7,10,12-13,19-20H,8-9H2,1-2H3,(H,17,23)(H,18,21)/t10?,12-,13-/m1/s1. The van der Waals surface area contributed by atoms with Crippen LogP contribution in [0.3, 0.4) is 0 Å². The molecule has 0 fully saturated rings. The van der Waals surface area contributed by atoms with Crippen LogP contribution in [-0.4, -0.2) is 60.1 Å². The quantitative estimate of drug-likeness (QED) is 0.454. The zero-order valence-electron chi connectivity index (χ0n) is 14.0. The van der Waals surface area contributed by atoms with Gasteiger partial charge in [0.05, 0.1) is 19.8 Å². The van der Waals surface area contributed by atoms with Crippen molar-refractivity contribution in [2.24, 2.45) is 0 Å². The number of methoxy groups -OCH3 is 1. The van der Waals surface area contributed by atoms with Gasteiger partial charge in [0.1, 0.15) is 12.6 Å². The number of hydrogen-bond acceptors (Lipinski definition) is 7. The third-order valence-electron chi connectivity index (χ3n) is 3.24. The fourth-order valence-electron chi connectivity index (χ4n) is 1.86. The summed E-state index contributed by atoms with van der Waals surface area (Å²) in [6.07, 6.45) is -2.13. The molecule has 25 heavy (non-hydrogen) atoms. The Labute approximate surface area is 144 Å². The van der Waals surface area contributed by atoms with Crippen LogP contribution in [0.25, 0.3) is 0 Å².